The zero-order valence-electron chi connectivity index (χ0n) is 21.1. The first-order valence-corrected chi connectivity index (χ1v) is 13.6. The molecule has 4 fully saturated rings. The SMILES string of the molecule is O=C(NC1CCCC1)C1CCC2C(=O)N(Cc3ccccc3)C3NN(Cc4ccccc4)C(=O)N3C2C1. The average Bonchev–Trinajstić information content (AvgIpc) is 3.55. The van der Waals surface area contributed by atoms with Gasteiger partial charge < -0.3 is 10.2 Å². The zero-order chi connectivity index (χ0) is 25.4. The first-order chi connectivity index (χ1) is 18.1. The van der Waals surface area contributed by atoms with Crippen LogP contribution in [0.25, 0.3) is 0 Å². The van der Waals surface area contributed by atoms with Crippen LogP contribution in [0.15, 0.2) is 60.7 Å². The van der Waals surface area contributed by atoms with Gasteiger partial charge in [0.25, 0.3) is 0 Å². The molecule has 2 saturated carbocycles. The van der Waals surface area contributed by atoms with E-state index < -0.39 is 6.29 Å². The number of nitrogens with one attached hydrogen (secondary N) is 2. The fourth-order valence-corrected chi connectivity index (χ4v) is 6.57. The Morgan fingerprint density at radius 3 is 2.19 bits per heavy atom. The number of carbonyl (C=O) groups is 3. The van der Waals surface area contributed by atoms with Crippen molar-refractivity contribution in [3.63, 3.8) is 0 Å². The van der Waals surface area contributed by atoms with Crippen LogP contribution in [0.3, 0.4) is 0 Å². The van der Waals surface area contributed by atoms with Gasteiger partial charge in [-0.15, -0.1) is 0 Å². The van der Waals surface area contributed by atoms with Gasteiger partial charge in [0.1, 0.15) is 0 Å². The van der Waals surface area contributed by atoms with Crippen molar-refractivity contribution >= 4 is 17.8 Å². The Hall–Kier alpha value is -3.39. The molecule has 37 heavy (non-hydrogen) atoms. The molecule has 0 aromatic heterocycles. The van der Waals surface area contributed by atoms with Gasteiger partial charge in [0, 0.05) is 24.5 Å². The highest BCUT2D eigenvalue weighted by Gasteiger charge is 2.56. The van der Waals surface area contributed by atoms with Gasteiger partial charge in [-0.2, -0.15) is 5.43 Å². The normalized spacial score (nSPS) is 27.8. The molecule has 0 bridgehead atoms. The third kappa shape index (κ3) is 4.70. The molecule has 2 aromatic rings. The molecular formula is C29H35N5O3. The van der Waals surface area contributed by atoms with Crippen LogP contribution in [0.4, 0.5) is 4.79 Å². The number of hydrogen-bond donors (Lipinski definition) is 2. The third-order valence-electron chi connectivity index (χ3n) is 8.51. The summed E-state index contributed by atoms with van der Waals surface area (Å²) in [5, 5.41) is 4.87. The number of benzene rings is 2. The summed E-state index contributed by atoms with van der Waals surface area (Å²) < 4.78 is 0. The van der Waals surface area contributed by atoms with Crippen LogP contribution in [0.5, 0.6) is 0 Å². The number of carbonyl (C=O) groups excluding carboxylic acids is 3. The van der Waals surface area contributed by atoms with Crippen LogP contribution in [0.1, 0.15) is 56.1 Å². The highest BCUT2D eigenvalue weighted by atomic mass is 16.2. The fourth-order valence-electron chi connectivity index (χ4n) is 6.57. The highest BCUT2D eigenvalue weighted by Crippen LogP contribution is 2.41. The van der Waals surface area contributed by atoms with E-state index >= 15 is 0 Å². The molecule has 4 amide bonds. The van der Waals surface area contributed by atoms with Gasteiger partial charge in [0.2, 0.25) is 11.8 Å². The Morgan fingerprint density at radius 1 is 0.865 bits per heavy atom. The van der Waals surface area contributed by atoms with E-state index in [0.29, 0.717) is 32.4 Å². The van der Waals surface area contributed by atoms with Crippen LogP contribution < -0.4 is 10.7 Å². The van der Waals surface area contributed by atoms with Crippen molar-refractivity contribution in [2.75, 3.05) is 0 Å². The number of fused-ring (bicyclic) bond motifs is 3. The van der Waals surface area contributed by atoms with E-state index in [-0.39, 0.29) is 41.8 Å². The molecule has 4 atom stereocenters. The van der Waals surface area contributed by atoms with Gasteiger partial charge in [0.05, 0.1) is 12.5 Å². The lowest BCUT2D eigenvalue weighted by molar-refractivity contribution is -0.160. The average molecular weight is 502 g/mol. The van der Waals surface area contributed by atoms with E-state index in [1.165, 1.54) is 12.8 Å². The van der Waals surface area contributed by atoms with E-state index in [1.807, 2.05) is 65.6 Å². The van der Waals surface area contributed by atoms with E-state index in [9.17, 15) is 14.4 Å². The molecule has 6 rings (SSSR count). The maximum atomic E-state index is 13.9. The first-order valence-electron chi connectivity index (χ1n) is 13.6. The van der Waals surface area contributed by atoms with Crippen molar-refractivity contribution in [3.05, 3.63) is 71.8 Å². The van der Waals surface area contributed by atoms with Crippen LogP contribution in [-0.4, -0.2) is 51.0 Å². The number of amides is 4. The lowest BCUT2D eigenvalue weighted by Gasteiger charge is -2.49. The topological polar surface area (TPSA) is 85.0 Å². The number of hydrogen-bond acceptors (Lipinski definition) is 4. The minimum atomic E-state index is -0.568. The maximum Gasteiger partial charge on any atom is 0.337 e. The molecule has 8 nitrogen and oxygen atoms in total. The van der Waals surface area contributed by atoms with Crippen molar-refractivity contribution < 1.29 is 14.4 Å². The summed E-state index contributed by atoms with van der Waals surface area (Å²) in [6.45, 7) is 0.831. The molecule has 4 unspecified atom stereocenters. The molecule has 194 valence electrons. The molecule has 2 aliphatic heterocycles. The van der Waals surface area contributed by atoms with Crippen molar-refractivity contribution in [1.82, 2.24) is 25.6 Å². The molecule has 2 saturated heterocycles. The van der Waals surface area contributed by atoms with Gasteiger partial charge >= 0.3 is 6.03 Å². The second-order valence-electron chi connectivity index (χ2n) is 10.9. The van der Waals surface area contributed by atoms with Gasteiger partial charge in [0.15, 0.2) is 6.29 Å². The zero-order valence-corrected chi connectivity index (χ0v) is 21.1. The van der Waals surface area contributed by atoms with Gasteiger partial charge in [-0.25, -0.2) is 4.79 Å². The third-order valence-corrected chi connectivity index (χ3v) is 8.51. The molecule has 2 N–H and O–H groups in total. The lowest BCUT2D eigenvalue weighted by Crippen LogP contribution is -2.66. The predicted molar refractivity (Wildman–Crippen MR) is 138 cm³/mol. The van der Waals surface area contributed by atoms with E-state index in [1.54, 1.807) is 9.91 Å². The summed E-state index contributed by atoms with van der Waals surface area (Å²) in [6, 6.07) is 19.6. The van der Waals surface area contributed by atoms with Crippen LogP contribution in [-0.2, 0) is 22.7 Å². The van der Waals surface area contributed by atoms with Crippen molar-refractivity contribution in [2.24, 2.45) is 11.8 Å². The molecule has 8 heteroatoms. The van der Waals surface area contributed by atoms with Crippen LogP contribution in [0, 0.1) is 11.8 Å². The summed E-state index contributed by atoms with van der Waals surface area (Å²) in [7, 11) is 0. The second kappa shape index (κ2) is 10.2. The number of nitrogens with zero attached hydrogens (tertiary/aromatic N) is 3. The Kier molecular flexibility index (Phi) is 6.59. The smallest absolute Gasteiger partial charge is 0.337 e. The molecule has 2 aromatic carbocycles. The standard InChI is InChI=1S/C29H35N5O3/c35-26(30-23-13-7-8-14-23)22-15-16-24-25(17-22)34-28(32(27(24)36)18-20-9-3-1-4-10-20)31-33(29(34)37)19-21-11-5-2-6-12-21/h1-6,9-12,22-25,28,31H,7-8,13-19H2,(H,30,35). The van der Waals surface area contributed by atoms with Crippen LogP contribution >= 0.6 is 0 Å². The monoisotopic (exact) mass is 501 g/mol. The van der Waals surface area contributed by atoms with E-state index in [4.69, 9.17) is 0 Å². The number of rotatable bonds is 6. The molecular weight excluding hydrogens is 466 g/mol. The van der Waals surface area contributed by atoms with Crippen molar-refractivity contribution in [3.8, 4) is 0 Å². The minimum Gasteiger partial charge on any atom is -0.353 e. The summed E-state index contributed by atoms with van der Waals surface area (Å²) in [5.74, 6) is -0.321. The molecule has 4 aliphatic rings. The number of hydrazine groups is 1. The fraction of sp³-hybridized carbons (Fsp3) is 0.483. The highest BCUT2D eigenvalue weighted by molar-refractivity contribution is 5.87. The first kappa shape index (κ1) is 24.0. The summed E-state index contributed by atoms with van der Waals surface area (Å²) in [5.41, 5.74) is 5.38. The summed E-state index contributed by atoms with van der Waals surface area (Å²) in [4.78, 5) is 44.5. The summed E-state index contributed by atoms with van der Waals surface area (Å²) >= 11 is 0. The Balaban J connectivity index is 1.26. The molecule has 0 radical (unpaired) electrons. The van der Waals surface area contributed by atoms with Gasteiger partial charge in [-0.1, -0.05) is 73.5 Å². The van der Waals surface area contributed by atoms with E-state index in [2.05, 4.69) is 10.7 Å². The lowest BCUT2D eigenvalue weighted by atomic mass is 9.75. The Labute approximate surface area is 218 Å². The Morgan fingerprint density at radius 2 is 1.51 bits per heavy atom. The van der Waals surface area contributed by atoms with Gasteiger partial charge in [-0.3, -0.25) is 19.5 Å². The largest absolute Gasteiger partial charge is 0.353 e. The van der Waals surface area contributed by atoms with Gasteiger partial charge in [-0.05, 0) is 43.2 Å². The Bertz CT molecular complexity index is 1140. The predicted octanol–water partition coefficient (Wildman–Crippen LogP) is 3.60. The van der Waals surface area contributed by atoms with Crippen LogP contribution in [0.2, 0.25) is 0 Å². The second-order valence-corrected chi connectivity index (χ2v) is 10.9. The quantitative estimate of drug-likeness (QED) is 0.634. The van der Waals surface area contributed by atoms with Crippen molar-refractivity contribution in [2.45, 2.75) is 76.4 Å². The van der Waals surface area contributed by atoms with E-state index in [0.717, 1.165) is 24.0 Å². The summed E-state index contributed by atoms with van der Waals surface area (Å²) in [6.07, 6.45) is 5.67. The maximum absolute atomic E-state index is 13.9. The van der Waals surface area contributed by atoms with Crippen molar-refractivity contribution in [1.29, 1.82) is 0 Å². The molecule has 2 heterocycles. The number of urea groups is 1. The minimum absolute atomic E-state index is 0.0617. The molecule has 0 spiro atoms. The molecule has 2 aliphatic carbocycles.